The number of carbonyl (C=O) groups excluding carboxylic acids is 1. The highest BCUT2D eigenvalue weighted by molar-refractivity contribution is 5.76. The van der Waals surface area contributed by atoms with E-state index in [1.54, 1.807) is 18.2 Å². The molecule has 0 spiro atoms. The summed E-state index contributed by atoms with van der Waals surface area (Å²) in [4.78, 5) is 10.8. The van der Waals surface area contributed by atoms with Gasteiger partial charge in [0.05, 0.1) is 11.6 Å². The van der Waals surface area contributed by atoms with Gasteiger partial charge in [-0.3, -0.25) is 10.2 Å². The summed E-state index contributed by atoms with van der Waals surface area (Å²) in [5, 5.41) is 8.67. The number of benzene rings is 1. The van der Waals surface area contributed by atoms with Gasteiger partial charge in [-0.15, -0.1) is 0 Å². The molecule has 0 aliphatic carbocycles. The summed E-state index contributed by atoms with van der Waals surface area (Å²) in [6, 6.07) is 7.02. The normalized spacial score (nSPS) is 9.13. The van der Waals surface area contributed by atoms with Gasteiger partial charge in [0.15, 0.2) is 6.61 Å². The summed E-state index contributed by atoms with van der Waals surface area (Å²) in [6.07, 6.45) is 0. The minimum atomic E-state index is -0.420. The lowest BCUT2D eigenvalue weighted by atomic mass is 10.1. The van der Waals surface area contributed by atoms with Crippen molar-refractivity contribution in [2.75, 3.05) is 6.61 Å². The van der Waals surface area contributed by atoms with Gasteiger partial charge in [0.2, 0.25) is 0 Å². The number of aryl methyl sites for hydroxylation is 1. The summed E-state index contributed by atoms with van der Waals surface area (Å²) >= 11 is 0. The Morgan fingerprint density at radius 1 is 1.67 bits per heavy atom. The van der Waals surface area contributed by atoms with Gasteiger partial charge in [-0.1, -0.05) is 6.07 Å². The fourth-order valence-electron chi connectivity index (χ4n) is 1.01. The van der Waals surface area contributed by atoms with Crippen LogP contribution in [0, 0.1) is 18.3 Å². The molecule has 0 unspecified atom stereocenters. The molecule has 78 valence electrons. The van der Waals surface area contributed by atoms with Crippen LogP contribution in [0.25, 0.3) is 0 Å². The molecular weight excluding hydrogens is 194 g/mol. The number of hydrogen-bond donors (Lipinski definition) is 2. The zero-order chi connectivity index (χ0) is 11.3. The van der Waals surface area contributed by atoms with Gasteiger partial charge in [0.25, 0.3) is 5.91 Å². The fraction of sp³-hybridized carbons (Fsp3) is 0.200. The van der Waals surface area contributed by atoms with Gasteiger partial charge < -0.3 is 4.74 Å². The third kappa shape index (κ3) is 2.97. The van der Waals surface area contributed by atoms with Crippen molar-refractivity contribution in [2.24, 2.45) is 5.84 Å². The van der Waals surface area contributed by atoms with E-state index >= 15 is 0 Å². The molecule has 5 heteroatoms. The average molecular weight is 205 g/mol. The summed E-state index contributed by atoms with van der Waals surface area (Å²) in [7, 11) is 0. The average Bonchev–Trinajstić information content (AvgIpc) is 2.27. The molecule has 15 heavy (non-hydrogen) atoms. The molecule has 0 saturated heterocycles. The van der Waals surface area contributed by atoms with Crippen LogP contribution in [0.2, 0.25) is 0 Å². The Balaban J connectivity index is 2.76. The number of nitriles is 1. The van der Waals surface area contributed by atoms with E-state index in [1.165, 1.54) is 0 Å². The Morgan fingerprint density at radius 2 is 2.40 bits per heavy atom. The zero-order valence-electron chi connectivity index (χ0n) is 8.28. The Hall–Kier alpha value is -2.06. The third-order valence-electron chi connectivity index (χ3n) is 1.84. The lowest BCUT2D eigenvalue weighted by molar-refractivity contribution is -0.123. The number of hydrazine groups is 1. The molecule has 1 amide bonds. The van der Waals surface area contributed by atoms with Crippen LogP contribution >= 0.6 is 0 Å². The van der Waals surface area contributed by atoms with Gasteiger partial charge in [-0.25, -0.2) is 5.84 Å². The van der Waals surface area contributed by atoms with Crippen LogP contribution in [0.5, 0.6) is 5.75 Å². The lowest BCUT2D eigenvalue weighted by Gasteiger charge is -2.07. The van der Waals surface area contributed by atoms with E-state index in [2.05, 4.69) is 0 Å². The first-order valence-electron chi connectivity index (χ1n) is 4.30. The van der Waals surface area contributed by atoms with E-state index in [-0.39, 0.29) is 6.61 Å². The van der Waals surface area contributed by atoms with Crippen molar-refractivity contribution >= 4 is 5.91 Å². The molecular formula is C10H11N3O2. The van der Waals surface area contributed by atoms with Gasteiger partial charge in [-0.2, -0.15) is 5.26 Å². The van der Waals surface area contributed by atoms with Gasteiger partial charge in [0.1, 0.15) is 5.75 Å². The zero-order valence-corrected chi connectivity index (χ0v) is 8.28. The van der Waals surface area contributed by atoms with Gasteiger partial charge in [0, 0.05) is 0 Å². The highest BCUT2D eigenvalue weighted by Gasteiger charge is 2.04. The maximum atomic E-state index is 10.8. The molecule has 0 aromatic heterocycles. The van der Waals surface area contributed by atoms with Crippen LogP contribution in [-0.4, -0.2) is 12.5 Å². The van der Waals surface area contributed by atoms with Crippen LogP contribution in [0.4, 0.5) is 0 Å². The summed E-state index contributed by atoms with van der Waals surface area (Å²) in [5.74, 6) is 4.99. The number of ether oxygens (including phenoxy) is 1. The first-order chi connectivity index (χ1) is 7.17. The predicted molar refractivity (Wildman–Crippen MR) is 53.7 cm³/mol. The second kappa shape index (κ2) is 4.98. The first kappa shape index (κ1) is 11.0. The van der Waals surface area contributed by atoms with Gasteiger partial charge >= 0.3 is 0 Å². The summed E-state index contributed by atoms with van der Waals surface area (Å²) in [6.45, 7) is 1.67. The minimum absolute atomic E-state index is 0.160. The highest BCUT2D eigenvalue weighted by Crippen LogP contribution is 2.18. The molecule has 0 fully saturated rings. The monoisotopic (exact) mass is 205 g/mol. The number of nitrogens with one attached hydrogen (secondary N) is 1. The minimum Gasteiger partial charge on any atom is -0.483 e. The number of carbonyl (C=O) groups is 1. The molecule has 0 aliphatic rings. The van der Waals surface area contributed by atoms with Crippen molar-refractivity contribution in [1.29, 1.82) is 5.26 Å². The van der Waals surface area contributed by atoms with Crippen molar-refractivity contribution in [2.45, 2.75) is 6.92 Å². The Morgan fingerprint density at radius 3 is 3.00 bits per heavy atom. The Labute approximate surface area is 87.4 Å². The van der Waals surface area contributed by atoms with Crippen LogP contribution in [0.15, 0.2) is 18.2 Å². The molecule has 1 aromatic rings. The molecule has 0 heterocycles. The fourth-order valence-corrected chi connectivity index (χ4v) is 1.01. The largest absolute Gasteiger partial charge is 0.483 e. The van der Waals surface area contributed by atoms with Crippen LogP contribution in [-0.2, 0) is 4.79 Å². The maximum absolute atomic E-state index is 10.8. The number of nitrogens with zero attached hydrogens (tertiary/aromatic N) is 1. The van der Waals surface area contributed by atoms with E-state index in [9.17, 15) is 4.79 Å². The number of amides is 1. The maximum Gasteiger partial charge on any atom is 0.271 e. The van der Waals surface area contributed by atoms with Crippen LogP contribution < -0.4 is 16.0 Å². The molecule has 1 rings (SSSR count). The molecule has 0 atom stereocenters. The van der Waals surface area contributed by atoms with E-state index in [1.807, 2.05) is 18.4 Å². The molecule has 5 nitrogen and oxygen atoms in total. The van der Waals surface area contributed by atoms with Crippen molar-refractivity contribution in [3.8, 4) is 11.8 Å². The van der Waals surface area contributed by atoms with E-state index in [0.29, 0.717) is 11.3 Å². The van der Waals surface area contributed by atoms with Crippen LogP contribution in [0.3, 0.4) is 0 Å². The van der Waals surface area contributed by atoms with E-state index < -0.39 is 5.91 Å². The van der Waals surface area contributed by atoms with Crippen molar-refractivity contribution in [1.82, 2.24) is 5.43 Å². The predicted octanol–water partition coefficient (Wildman–Crippen LogP) is 0.235. The standard InChI is InChI=1S/C10H11N3O2/c1-7-2-3-8(5-11)4-9(7)15-6-10(14)13-12/h2-4H,6,12H2,1H3,(H,13,14). The Kier molecular flexibility index (Phi) is 3.66. The highest BCUT2D eigenvalue weighted by atomic mass is 16.5. The van der Waals surface area contributed by atoms with E-state index in [4.69, 9.17) is 15.8 Å². The van der Waals surface area contributed by atoms with Crippen molar-refractivity contribution in [3.63, 3.8) is 0 Å². The summed E-state index contributed by atoms with van der Waals surface area (Å²) in [5.41, 5.74) is 3.30. The molecule has 0 saturated carbocycles. The van der Waals surface area contributed by atoms with Crippen LogP contribution in [0.1, 0.15) is 11.1 Å². The molecule has 0 bridgehead atoms. The second-order valence-electron chi connectivity index (χ2n) is 2.95. The van der Waals surface area contributed by atoms with Crippen molar-refractivity contribution < 1.29 is 9.53 Å². The Bertz CT molecular complexity index is 410. The molecule has 0 radical (unpaired) electrons. The summed E-state index contributed by atoms with van der Waals surface area (Å²) < 4.78 is 5.19. The molecule has 1 aromatic carbocycles. The first-order valence-corrected chi connectivity index (χ1v) is 4.30. The molecule has 0 aliphatic heterocycles. The SMILES string of the molecule is Cc1ccc(C#N)cc1OCC(=O)NN. The molecule has 3 N–H and O–H groups in total. The number of rotatable bonds is 3. The van der Waals surface area contributed by atoms with Crippen molar-refractivity contribution in [3.05, 3.63) is 29.3 Å². The quantitative estimate of drug-likeness (QED) is 0.420. The third-order valence-corrected chi connectivity index (χ3v) is 1.84. The van der Waals surface area contributed by atoms with Gasteiger partial charge in [-0.05, 0) is 24.6 Å². The second-order valence-corrected chi connectivity index (χ2v) is 2.95. The van der Waals surface area contributed by atoms with E-state index in [0.717, 1.165) is 5.56 Å². The number of nitrogens with two attached hydrogens (primary N) is 1. The smallest absolute Gasteiger partial charge is 0.271 e. The lowest BCUT2D eigenvalue weighted by Crippen LogP contribution is -2.34. The number of hydrogen-bond acceptors (Lipinski definition) is 4. The topological polar surface area (TPSA) is 88.1 Å².